The molecule has 2 N–H and O–H groups in total. The van der Waals surface area contributed by atoms with Crippen LogP contribution in [0, 0.1) is 0 Å². The number of carboxylic acids is 1. The van der Waals surface area contributed by atoms with Crippen molar-refractivity contribution in [1.82, 2.24) is 4.90 Å². The van der Waals surface area contributed by atoms with E-state index in [1.54, 1.807) is 0 Å². The van der Waals surface area contributed by atoms with Gasteiger partial charge < -0.3 is 19.8 Å². The molecule has 0 radical (unpaired) electrons. The second-order valence-electron chi connectivity index (χ2n) is 3.58. The quantitative estimate of drug-likeness (QED) is 0.637. The number of carbonyl (C=O) groups excluding carboxylic acids is 1. The zero-order valence-electron chi connectivity index (χ0n) is 8.55. The van der Waals surface area contributed by atoms with E-state index in [-0.39, 0.29) is 25.5 Å². The molecule has 0 spiro atoms. The minimum absolute atomic E-state index is 0.132. The van der Waals surface area contributed by atoms with E-state index in [1.807, 2.05) is 0 Å². The molecule has 0 unspecified atom stereocenters. The third-order valence-corrected chi connectivity index (χ3v) is 2.28. The highest BCUT2D eigenvalue weighted by molar-refractivity contribution is 5.73. The largest absolute Gasteiger partial charge is 0.481 e. The molecule has 0 aromatic heterocycles. The van der Waals surface area contributed by atoms with Gasteiger partial charge in [0.25, 0.3) is 0 Å². The number of amides is 1. The third-order valence-electron chi connectivity index (χ3n) is 2.28. The van der Waals surface area contributed by atoms with Crippen LogP contribution in [0.1, 0.15) is 13.3 Å². The molecule has 6 nitrogen and oxygen atoms in total. The minimum atomic E-state index is -0.970. The van der Waals surface area contributed by atoms with Crippen LogP contribution >= 0.6 is 0 Å². The number of rotatable bonds is 3. The van der Waals surface area contributed by atoms with Gasteiger partial charge in [0.05, 0.1) is 25.2 Å². The van der Waals surface area contributed by atoms with Crippen LogP contribution in [0.5, 0.6) is 0 Å². The number of carboxylic acid groups (broad SMARTS) is 1. The molecule has 1 aliphatic heterocycles. The van der Waals surface area contributed by atoms with E-state index in [4.69, 9.17) is 14.9 Å². The van der Waals surface area contributed by atoms with Crippen LogP contribution in [-0.2, 0) is 14.3 Å². The lowest BCUT2D eigenvalue weighted by Crippen LogP contribution is -2.51. The first kappa shape index (κ1) is 11.9. The highest BCUT2D eigenvalue weighted by Crippen LogP contribution is 2.13. The second-order valence-corrected chi connectivity index (χ2v) is 3.58. The summed E-state index contributed by atoms with van der Waals surface area (Å²) in [6.45, 7) is 1.80. The zero-order chi connectivity index (χ0) is 11.4. The zero-order valence-corrected chi connectivity index (χ0v) is 8.55. The molecule has 1 rings (SSSR count). The van der Waals surface area contributed by atoms with E-state index >= 15 is 0 Å². The summed E-state index contributed by atoms with van der Waals surface area (Å²) in [6, 6.07) is 0. The Kier molecular flexibility index (Phi) is 4.05. The first-order valence-electron chi connectivity index (χ1n) is 4.76. The summed E-state index contributed by atoms with van der Waals surface area (Å²) in [5, 5.41) is 17.5. The van der Waals surface area contributed by atoms with Crippen molar-refractivity contribution in [2.24, 2.45) is 0 Å². The van der Waals surface area contributed by atoms with Crippen LogP contribution in [0.4, 0.5) is 0 Å². The van der Waals surface area contributed by atoms with E-state index in [0.29, 0.717) is 6.54 Å². The molecule has 15 heavy (non-hydrogen) atoms. The standard InChI is InChI=1S/C9H15NO5/c1-6(12)10-3-7(2-9(13)14)15-8(4-10)5-11/h7-8,11H,2-5H2,1H3,(H,13,14)/t7-,8-/m0/s1. The van der Waals surface area contributed by atoms with Gasteiger partial charge in [-0.15, -0.1) is 0 Å². The number of morpholine rings is 1. The van der Waals surface area contributed by atoms with Crippen molar-refractivity contribution in [3.8, 4) is 0 Å². The minimum Gasteiger partial charge on any atom is -0.481 e. The number of ether oxygens (including phenoxy) is 1. The van der Waals surface area contributed by atoms with Crippen molar-refractivity contribution in [2.45, 2.75) is 25.6 Å². The first-order valence-corrected chi connectivity index (χ1v) is 4.76. The number of carbonyl (C=O) groups is 2. The third kappa shape index (κ3) is 3.49. The van der Waals surface area contributed by atoms with E-state index in [9.17, 15) is 9.59 Å². The average Bonchev–Trinajstić information content (AvgIpc) is 2.16. The summed E-state index contributed by atoms with van der Waals surface area (Å²) in [5.74, 6) is -1.10. The average molecular weight is 217 g/mol. The Morgan fingerprint density at radius 2 is 2.00 bits per heavy atom. The predicted molar refractivity (Wildman–Crippen MR) is 50.3 cm³/mol. The fraction of sp³-hybridized carbons (Fsp3) is 0.778. The lowest BCUT2D eigenvalue weighted by atomic mass is 10.1. The van der Waals surface area contributed by atoms with Gasteiger partial charge in [0.2, 0.25) is 5.91 Å². The summed E-state index contributed by atoms with van der Waals surface area (Å²) in [5.41, 5.74) is 0. The highest BCUT2D eigenvalue weighted by atomic mass is 16.5. The number of aliphatic hydroxyl groups excluding tert-OH is 1. The molecule has 0 bridgehead atoms. The molecule has 0 aromatic carbocycles. The molecular formula is C9H15NO5. The topological polar surface area (TPSA) is 87.1 Å². The van der Waals surface area contributed by atoms with Gasteiger partial charge in [-0.05, 0) is 0 Å². The molecule has 1 heterocycles. The Bertz CT molecular complexity index is 255. The van der Waals surface area contributed by atoms with Crippen molar-refractivity contribution in [3.63, 3.8) is 0 Å². The fourth-order valence-corrected chi connectivity index (χ4v) is 1.59. The molecule has 0 aliphatic carbocycles. The first-order chi connectivity index (χ1) is 7.02. The molecule has 2 atom stereocenters. The number of aliphatic carboxylic acids is 1. The van der Waals surface area contributed by atoms with Crippen molar-refractivity contribution in [3.05, 3.63) is 0 Å². The van der Waals surface area contributed by atoms with Gasteiger partial charge in [-0.2, -0.15) is 0 Å². The molecule has 86 valence electrons. The number of aliphatic hydroxyl groups is 1. The molecule has 1 saturated heterocycles. The highest BCUT2D eigenvalue weighted by Gasteiger charge is 2.29. The Morgan fingerprint density at radius 3 is 2.47 bits per heavy atom. The van der Waals surface area contributed by atoms with Crippen LogP contribution in [0.2, 0.25) is 0 Å². The van der Waals surface area contributed by atoms with E-state index in [0.717, 1.165) is 0 Å². The predicted octanol–water partition coefficient (Wildman–Crippen LogP) is -0.931. The monoisotopic (exact) mass is 217 g/mol. The van der Waals surface area contributed by atoms with Crippen LogP contribution in [0.25, 0.3) is 0 Å². The van der Waals surface area contributed by atoms with Gasteiger partial charge in [0.1, 0.15) is 0 Å². The molecule has 6 heteroatoms. The maximum atomic E-state index is 11.1. The van der Waals surface area contributed by atoms with Crippen molar-refractivity contribution < 1.29 is 24.5 Å². The normalized spacial score (nSPS) is 26.4. The van der Waals surface area contributed by atoms with Crippen LogP contribution in [0.3, 0.4) is 0 Å². The molecular weight excluding hydrogens is 202 g/mol. The SMILES string of the molecule is CC(=O)N1C[C@@H](CO)O[C@@H](CC(=O)O)C1. The summed E-state index contributed by atoms with van der Waals surface area (Å²) in [4.78, 5) is 23.1. The van der Waals surface area contributed by atoms with Crippen LogP contribution in [0.15, 0.2) is 0 Å². The maximum Gasteiger partial charge on any atom is 0.306 e. The van der Waals surface area contributed by atoms with Gasteiger partial charge in [-0.1, -0.05) is 0 Å². The van der Waals surface area contributed by atoms with Crippen LogP contribution in [-0.4, -0.2) is 58.9 Å². The maximum absolute atomic E-state index is 11.1. The van der Waals surface area contributed by atoms with Gasteiger partial charge in [-0.3, -0.25) is 9.59 Å². The van der Waals surface area contributed by atoms with Crippen molar-refractivity contribution in [1.29, 1.82) is 0 Å². The number of hydrogen-bond acceptors (Lipinski definition) is 4. The molecule has 1 amide bonds. The van der Waals surface area contributed by atoms with Gasteiger partial charge >= 0.3 is 5.97 Å². The summed E-state index contributed by atoms with van der Waals surface area (Å²) >= 11 is 0. The summed E-state index contributed by atoms with van der Waals surface area (Å²) in [7, 11) is 0. The fourth-order valence-electron chi connectivity index (χ4n) is 1.59. The van der Waals surface area contributed by atoms with Crippen LogP contribution < -0.4 is 0 Å². The summed E-state index contributed by atoms with van der Waals surface area (Å²) < 4.78 is 5.30. The second kappa shape index (κ2) is 5.09. The molecule has 1 aliphatic rings. The van der Waals surface area contributed by atoms with E-state index in [2.05, 4.69) is 0 Å². The molecule has 0 saturated carbocycles. The van der Waals surface area contributed by atoms with Crippen molar-refractivity contribution >= 4 is 11.9 Å². The smallest absolute Gasteiger partial charge is 0.306 e. The Balaban J connectivity index is 2.58. The van der Waals surface area contributed by atoms with Gasteiger partial charge in [0.15, 0.2) is 0 Å². The Morgan fingerprint density at radius 1 is 1.40 bits per heavy atom. The lowest BCUT2D eigenvalue weighted by Gasteiger charge is -2.36. The van der Waals surface area contributed by atoms with E-state index < -0.39 is 18.2 Å². The van der Waals surface area contributed by atoms with Crippen molar-refractivity contribution in [2.75, 3.05) is 19.7 Å². The Labute approximate surface area is 87.4 Å². The summed E-state index contributed by atoms with van der Waals surface area (Å²) in [6.07, 6.45) is -1.16. The van der Waals surface area contributed by atoms with Gasteiger partial charge in [0, 0.05) is 20.0 Å². The van der Waals surface area contributed by atoms with E-state index in [1.165, 1.54) is 11.8 Å². The van der Waals surface area contributed by atoms with Gasteiger partial charge in [-0.25, -0.2) is 0 Å². The lowest BCUT2D eigenvalue weighted by molar-refractivity contribution is -0.156. The number of nitrogens with zero attached hydrogens (tertiary/aromatic N) is 1. The molecule has 1 fully saturated rings. The molecule has 0 aromatic rings. The Hall–Kier alpha value is -1.14. The number of hydrogen-bond donors (Lipinski definition) is 2.